The Morgan fingerprint density at radius 3 is 0.928 bits per heavy atom. The second-order valence-corrected chi connectivity index (χ2v) is 26.0. The average molecular weight is 1170 g/mol. The highest BCUT2D eigenvalue weighted by atomic mass is 16.5. The van der Waals surface area contributed by atoms with Crippen LogP contribution in [-0.2, 0) is 14.3 Å². The predicted octanol–water partition coefficient (Wildman–Crippen LogP) is 24.7. The number of aliphatic hydroxyl groups is 2. The van der Waals surface area contributed by atoms with Crippen molar-refractivity contribution in [2.24, 2.45) is 0 Å². The zero-order valence-corrected chi connectivity index (χ0v) is 56.2. The van der Waals surface area contributed by atoms with E-state index >= 15 is 0 Å². The molecule has 83 heavy (non-hydrogen) atoms. The van der Waals surface area contributed by atoms with E-state index < -0.39 is 12.1 Å². The van der Waals surface area contributed by atoms with Crippen molar-refractivity contribution in [2.75, 3.05) is 13.2 Å². The minimum atomic E-state index is -0.665. The number of rotatable bonds is 71. The zero-order valence-electron chi connectivity index (χ0n) is 56.2. The van der Waals surface area contributed by atoms with Crippen molar-refractivity contribution in [3.63, 3.8) is 0 Å². The van der Waals surface area contributed by atoms with Gasteiger partial charge in [0.15, 0.2) is 0 Å². The fourth-order valence-corrected chi connectivity index (χ4v) is 11.9. The highest BCUT2D eigenvalue weighted by Gasteiger charge is 2.20. The van der Waals surface area contributed by atoms with Crippen LogP contribution in [0.2, 0.25) is 0 Å². The second kappa shape index (κ2) is 72.6. The third-order valence-corrected chi connectivity index (χ3v) is 17.7. The van der Waals surface area contributed by atoms with E-state index in [2.05, 4.69) is 55.6 Å². The molecule has 0 aromatic carbocycles. The lowest BCUT2D eigenvalue weighted by molar-refractivity contribution is -0.143. The Kier molecular flexibility index (Phi) is 70.9. The minimum Gasteiger partial charge on any atom is -0.466 e. The molecular weight excluding hydrogens is 1020 g/mol. The first-order valence-electron chi connectivity index (χ1n) is 37.7. The normalized spacial score (nSPS) is 12.7. The second-order valence-electron chi connectivity index (χ2n) is 26.0. The Labute approximate surface area is 519 Å². The van der Waals surface area contributed by atoms with Gasteiger partial charge in [0.1, 0.15) is 0 Å². The van der Waals surface area contributed by atoms with Crippen LogP contribution in [-0.4, -0.2) is 47.4 Å². The van der Waals surface area contributed by atoms with Crippen molar-refractivity contribution in [3.8, 4) is 0 Å². The number of aliphatic hydroxyl groups excluding tert-OH is 2. The van der Waals surface area contributed by atoms with Crippen LogP contribution in [0.3, 0.4) is 0 Å². The molecule has 0 bridgehead atoms. The van der Waals surface area contributed by atoms with E-state index in [0.29, 0.717) is 25.9 Å². The first-order chi connectivity index (χ1) is 41.0. The van der Waals surface area contributed by atoms with Gasteiger partial charge in [0.2, 0.25) is 5.91 Å². The molecule has 0 fully saturated rings. The van der Waals surface area contributed by atoms with E-state index in [9.17, 15) is 19.8 Å². The van der Waals surface area contributed by atoms with E-state index in [1.54, 1.807) is 0 Å². The van der Waals surface area contributed by atoms with E-state index in [-0.39, 0.29) is 18.5 Å². The van der Waals surface area contributed by atoms with Gasteiger partial charge in [-0.05, 0) is 83.5 Å². The monoisotopic (exact) mass is 1170 g/mol. The molecule has 6 heteroatoms. The molecule has 0 aliphatic heterocycles. The summed E-state index contributed by atoms with van der Waals surface area (Å²) in [7, 11) is 0. The molecule has 490 valence electrons. The SMILES string of the molecule is CCCCCCCC/C=C\CCCCCCCC(=O)OCCCCCCCCCCC/C=C\C/C=C\CCCCCCCCCCCCCCCCCC(=O)NC(CO)C(O)CCCCCCCCCCCCCCCCCCCCCC. The third-order valence-electron chi connectivity index (χ3n) is 17.7. The van der Waals surface area contributed by atoms with Gasteiger partial charge in [-0.2, -0.15) is 0 Å². The quantitative estimate of drug-likeness (QED) is 0.0320. The van der Waals surface area contributed by atoms with Crippen molar-refractivity contribution in [3.05, 3.63) is 36.5 Å². The summed E-state index contributed by atoms with van der Waals surface area (Å²) in [6.45, 7) is 4.98. The Bertz CT molecular complexity index is 1340. The van der Waals surface area contributed by atoms with Crippen molar-refractivity contribution < 1.29 is 24.5 Å². The van der Waals surface area contributed by atoms with Crippen LogP contribution in [0.4, 0.5) is 0 Å². The summed E-state index contributed by atoms with van der Waals surface area (Å²) in [5, 5.41) is 23.4. The van der Waals surface area contributed by atoms with Gasteiger partial charge in [0, 0.05) is 12.8 Å². The molecule has 6 nitrogen and oxygen atoms in total. The molecule has 2 atom stereocenters. The Balaban J connectivity index is 3.39. The predicted molar refractivity (Wildman–Crippen MR) is 366 cm³/mol. The molecule has 1 amide bonds. The fourth-order valence-electron chi connectivity index (χ4n) is 11.9. The van der Waals surface area contributed by atoms with Crippen molar-refractivity contribution in [1.29, 1.82) is 0 Å². The number of hydrogen-bond acceptors (Lipinski definition) is 5. The summed E-state index contributed by atoms with van der Waals surface area (Å²) < 4.78 is 5.49. The van der Waals surface area contributed by atoms with Crippen molar-refractivity contribution in [1.82, 2.24) is 5.32 Å². The maximum absolute atomic E-state index is 12.6. The molecule has 2 unspecified atom stereocenters. The Hall–Kier alpha value is -1.92. The Morgan fingerprint density at radius 2 is 0.602 bits per heavy atom. The molecule has 3 N–H and O–H groups in total. The smallest absolute Gasteiger partial charge is 0.305 e. The van der Waals surface area contributed by atoms with Crippen LogP contribution in [0.1, 0.15) is 418 Å². The topological polar surface area (TPSA) is 95.9 Å². The lowest BCUT2D eigenvalue weighted by atomic mass is 10.0. The van der Waals surface area contributed by atoms with Gasteiger partial charge in [-0.25, -0.2) is 0 Å². The minimum absolute atomic E-state index is 0.00586. The number of ether oxygens (including phenoxy) is 1. The Morgan fingerprint density at radius 1 is 0.337 bits per heavy atom. The van der Waals surface area contributed by atoms with Crippen LogP contribution in [0.25, 0.3) is 0 Å². The highest BCUT2D eigenvalue weighted by Crippen LogP contribution is 2.19. The molecule has 0 saturated heterocycles. The first-order valence-corrected chi connectivity index (χ1v) is 37.7. The van der Waals surface area contributed by atoms with Crippen LogP contribution in [0.5, 0.6) is 0 Å². The van der Waals surface area contributed by atoms with Gasteiger partial charge >= 0.3 is 5.97 Å². The van der Waals surface area contributed by atoms with Gasteiger partial charge in [0.05, 0.1) is 25.4 Å². The maximum atomic E-state index is 12.6. The van der Waals surface area contributed by atoms with E-state index in [1.807, 2.05) is 0 Å². The summed E-state index contributed by atoms with van der Waals surface area (Å²) in [4.78, 5) is 24.6. The average Bonchev–Trinajstić information content (AvgIpc) is 3.49. The molecule has 0 aliphatic rings. The van der Waals surface area contributed by atoms with Crippen molar-refractivity contribution >= 4 is 11.9 Å². The third kappa shape index (κ3) is 69.1. The van der Waals surface area contributed by atoms with Gasteiger partial charge in [-0.15, -0.1) is 0 Å². The molecule has 0 spiro atoms. The van der Waals surface area contributed by atoms with E-state index in [0.717, 1.165) is 51.4 Å². The first kappa shape index (κ1) is 81.1. The number of unbranched alkanes of at least 4 members (excludes halogenated alkanes) is 54. The number of amides is 1. The largest absolute Gasteiger partial charge is 0.466 e. The molecule has 0 aromatic heterocycles. The lowest BCUT2D eigenvalue weighted by Crippen LogP contribution is -2.45. The number of hydrogen-bond donors (Lipinski definition) is 3. The molecule has 0 heterocycles. The summed E-state index contributed by atoms with van der Waals surface area (Å²) in [6, 6.07) is -0.542. The van der Waals surface area contributed by atoms with Crippen LogP contribution in [0.15, 0.2) is 36.5 Å². The molecule has 0 rings (SSSR count). The zero-order chi connectivity index (χ0) is 59.9. The van der Waals surface area contributed by atoms with Gasteiger partial charge in [0.25, 0.3) is 0 Å². The van der Waals surface area contributed by atoms with Crippen LogP contribution in [0, 0.1) is 0 Å². The van der Waals surface area contributed by atoms with E-state index in [1.165, 1.54) is 334 Å². The molecule has 0 radical (unpaired) electrons. The summed E-state index contributed by atoms with van der Waals surface area (Å²) in [5.74, 6) is -0.0242. The summed E-state index contributed by atoms with van der Waals surface area (Å²) >= 11 is 0. The lowest BCUT2D eigenvalue weighted by Gasteiger charge is -2.22. The van der Waals surface area contributed by atoms with Gasteiger partial charge in [-0.1, -0.05) is 359 Å². The molecule has 0 aromatic rings. The molecular formula is C77H147NO5. The fraction of sp³-hybridized carbons (Fsp3) is 0.896. The number of nitrogens with one attached hydrogen (secondary N) is 1. The number of carbonyl (C=O) groups excluding carboxylic acids is 2. The maximum Gasteiger partial charge on any atom is 0.305 e. The number of esters is 1. The van der Waals surface area contributed by atoms with E-state index in [4.69, 9.17) is 4.74 Å². The number of allylic oxidation sites excluding steroid dienone is 6. The standard InChI is InChI=1S/C77H147NO5/c1-3-5-7-9-11-13-15-17-19-20-21-35-38-42-45-49-53-57-61-65-69-75(80)74(73-79)78-76(81)70-66-62-58-54-50-46-43-39-36-33-31-29-27-25-23-22-24-26-28-30-32-34-37-40-44-48-52-56-60-64-68-72-83-77(82)71-67-63-59-55-51-47-41-18-16-14-12-10-8-6-4-2/h18,24,26,30,32,41,74-75,79-80H,3-17,19-23,25,27-29,31,33-40,42-73H2,1-2H3,(H,78,81)/b26-24-,32-30-,41-18-. The number of carbonyl (C=O) groups is 2. The summed E-state index contributed by atoms with van der Waals surface area (Å²) in [6.07, 6.45) is 93.5. The summed E-state index contributed by atoms with van der Waals surface area (Å²) in [5.41, 5.74) is 0. The highest BCUT2D eigenvalue weighted by molar-refractivity contribution is 5.76. The van der Waals surface area contributed by atoms with Gasteiger partial charge in [-0.3, -0.25) is 9.59 Å². The van der Waals surface area contributed by atoms with Gasteiger partial charge < -0.3 is 20.3 Å². The van der Waals surface area contributed by atoms with Crippen LogP contribution < -0.4 is 5.32 Å². The molecule has 0 saturated carbocycles. The van der Waals surface area contributed by atoms with Crippen molar-refractivity contribution in [2.45, 2.75) is 431 Å². The van der Waals surface area contributed by atoms with Crippen LogP contribution >= 0.6 is 0 Å². The molecule has 0 aliphatic carbocycles.